The largest absolute Gasteiger partial charge is 0.296 e. The second kappa shape index (κ2) is 5.95. The zero-order valence-electron chi connectivity index (χ0n) is 11.8. The average molecular weight is 331 g/mol. The maximum atomic E-state index is 12.6. The quantitative estimate of drug-likeness (QED) is 0.675. The van der Waals surface area contributed by atoms with Gasteiger partial charge in [0.2, 0.25) is 0 Å². The smallest absolute Gasteiger partial charge is 0.260 e. The van der Waals surface area contributed by atoms with Crippen LogP contribution in [0.25, 0.3) is 10.9 Å². The van der Waals surface area contributed by atoms with Gasteiger partial charge in [0, 0.05) is 17.5 Å². The number of halogens is 2. The van der Waals surface area contributed by atoms with Crippen LogP contribution in [0.15, 0.2) is 54.6 Å². The van der Waals surface area contributed by atoms with Crippen LogP contribution < -0.4 is 4.90 Å². The van der Waals surface area contributed by atoms with Crippen LogP contribution in [0.1, 0.15) is 10.4 Å². The molecule has 0 radical (unpaired) electrons. The number of carbonyl (C=O) groups excluding carboxylic acids is 1. The molecule has 1 heterocycles. The van der Waals surface area contributed by atoms with Gasteiger partial charge in [-0.05, 0) is 36.4 Å². The summed E-state index contributed by atoms with van der Waals surface area (Å²) in [5.74, 6) is 0.333. The second-order valence-corrected chi connectivity index (χ2v) is 5.69. The van der Waals surface area contributed by atoms with Gasteiger partial charge >= 0.3 is 0 Å². The molecule has 3 aromatic rings. The number of carbonyl (C=O) groups is 1. The predicted molar refractivity (Wildman–Crippen MR) is 90.9 cm³/mol. The maximum Gasteiger partial charge on any atom is 0.260 e. The van der Waals surface area contributed by atoms with E-state index in [2.05, 4.69) is 4.98 Å². The SMILES string of the molecule is CN(C(=O)c1ccc(Cl)cc1Cl)c1ccc2ccccc2n1. The highest BCUT2D eigenvalue weighted by Gasteiger charge is 2.17. The summed E-state index contributed by atoms with van der Waals surface area (Å²) in [5, 5.41) is 1.84. The number of aromatic nitrogens is 1. The predicted octanol–water partition coefficient (Wildman–Crippen LogP) is 4.82. The molecule has 0 unspecified atom stereocenters. The van der Waals surface area contributed by atoms with E-state index in [-0.39, 0.29) is 5.91 Å². The monoisotopic (exact) mass is 330 g/mol. The van der Waals surface area contributed by atoms with E-state index in [0.717, 1.165) is 10.9 Å². The molecular formula is C17H12Cl2N2O. The number of rotatable bonds is 2. The number of hydrogen-bond donors (Lipinski definition) is 0. The summed E-state index contributed by atoms with van der Waals surface area (Å²) in [5.41, 5.74) is 1.23. The Morgan fingerprint density at radius 2 is 1.82 bits per heavy atom. The van der Waals surface area contributed by atoms with Crippen molar-refractivity contribution in [3.63, 3.8) is 0 Å². The molecule has 5 heteroatoms. The van der Waals surface area contributed by atoms with Crippen molar-refractivity contribution in [2.75, 3.05) is 11.9 Å². The number of benzene rings is 2. The number of nitrogens with zero attached hydrogens (tertiary/aromatic N) is 2. The van der Waals surface area contributed by atoms with Crippen molar-refractivity contribution in [3.05, 3.63) is 70.2 Å². The third kappa shape index (κ3) is 2.78. The van der Waals surface area contributed by atoms with Crippen LogP contribution in [0.3, 0.4) is 0 Å². The molecule has 22 heavy (non-hydrogen) atoms. The van der Waals surface area contributed by atoms with Crippen molar-refractivity contribution in [2.24, 2.45) is 0 Å². The fourth-order valence-corrected chi connectivity index (χ4v) is 2.68. The lowest BCUT2D eigenvalue weighted by atomic mass is 10.2. The van der Waals surface area contributed by atoms with E-state index in [1.54, 1.807) is 25.2 Å². The van der Waals surface area contributed by atoms with Crippen LogP contribution >= 0.6 is 23.2 Å². The fraction of sp³-hybridized carbons (Fsp3) is 0.0588. The first-order valence-electron chi connectivity index (χ1n) is 6.65. The molecule has 0 spiro atoms. The van der Waals surface area contributed by atoms with Crippen molar-refractivity contribution in [1.29, 1.82) is 0 Å². The highest BCUT2D eigenvalue weighted by atomic mass is 35.5. The molecule has 0 bridgehead atoms. The molecule has 0 saturated carbocycles. The fourth-order valence-electron chi connectivity index (χ4n) is 2.19. The van der Waals surface area contributed by atoms with E-state index in [0.29, 0.717) is 21.4 Å². The van der Waals surface area contributed by atoms with Gasteiger partial charge in [-0.25, -0.2) is 4.98 Å². The molecule has 1 amide bonds. The van der Waals surface area contributed by atoms with E-state index in [4.69, 9.17) is 23.2 Å². The van der Waals surface area contributed by atoms with Gasteiger partial charge in [0.1, 0.15) is 5.82 Å². The molecule has 0 aliphatic carbocycles. The summed E-state index contributed by atoms with van der Waals surface area (Å²) in [7, 11) is 1.67. The Bertz CT molecular complexity index is 864. The van der Waals surface area contributed by atoms with Crippen molar-refractivity contribution < 1.29 is 4.79 Å². The van der Waals surface area contributed by atoms with Crippen LogP contribution in [0, 0.1) is 0 Å². The molecule has 0 atom stereocenters. The van der Waals surface area contributed by atoms with E-state index in [9.17, 15) is 4.79 Å². The van der Waals surface area contributed by atoms with Gasteiger partial charge in [-0.1, -0.05) is 41.4 Å². The van der Waals surface area contributed by atoms with Crippen LogP contribution in [0.2, 0.25) is 10.0 Å². The minimum absolute atomic E-state index is 0.232. The van der Waals surface area contributed by atoms with Gasteiger partial charge < -0.3 is 0 Å². The molecule has 0 aliphatic heterocycles. The topological polar surface area (TPSA) is 33.2 Å². The minimum Gasteiger partial charge on any atom is -0.296 e. The number of hydrogen-bond acceptors (Lipinski definition) is 2. The number of fused-ring (bicyclic) bond motifs is 1. The lowest BCUT2D eigenvalue weighted by Crippen LogP contribution is -2.27. The molecular weight excluding hydrogens is 319 g/mol. The molecule has 0 fully saturated rings. The Hall–Kier alpha value is -2.10. The van der Waals surface area contributed by atoms with E-state index in [1.165, 1.54) is 4.90 Å². The van der Waals surface area contributed by atoms with Crippen molar-refractivity contribution in [3.8, 4) is 0 Å². The second-order valence-electron chi connectivity index (χ2n) is 4.85. The summed E-state index contributed by atoms with van der Waals surface area (Å²) in [6.45, 7) is 0. The summed E-state index contributed by atoms with van der Waals surface area (Å²) in [6, 6.07) is 16.3. The molecule has 0 N–H and O–H groups in total. The van der Waals surface area contributed by atoms with Gasteiger partial charge in [-0.2, -0.15) is 0 Å². The van der Waals surface area contributed by atoms with Gasteiger partial charge in [0.15, 0.2) is 0 Å². The number of anilines is 1. The Morgan fingerprint density at radius 1 is 1.05 bits per heavy atom. The van der Waals surface area contributed by atoms with E-state index >= 15 is 0 Å². The van der Waals surface area contributed by atoms with Gasteiger partial charge in [0.25, 0.3) is 5.91 Å². The van der Waals surface area contributed by atoms with Crippen LogP contribution in [0.4, 0.5) is 5.82 Å². The first kappa shape index (κ1) is 14.8. The third-order valence-electron chi connectivity index (χ3n) is 3.39. The van der Waals surface area contributed by atoms with Gasteiger partial charge in [-0.3, -0.25) is 9.69 Å². The highest BCUT2D eigenvalue weighted by Crippen LogP contribution is 2.24. The maximum absolute atomic E-state index is 12.6. The molecule has 0 saturated heterocycles. The molecule has 1 aromatic heterocycles. The first-order valence-corrected chi connectivity index (χ1v) is 7.41. The standard InChI is InChI=1S/C17H12Cl2N2O/c1-21(17(22)13-8-7-12(18)10-14(13)19)16-9-6-11-4-2-3-5-15(11)20-16/h2-10H,1H3. The Labute approximate surface area is 138 Å². The number of pyridine rings is 1. The minimum atomic E-state index is -0.232. The normalized spacial score (nSPS) is 10.7. The Morgan fingerprint density at radius 3 is 2.59 bits per heavy atom. The van der Waals surface area contributed by atoms with E-state index in [1.807, 2.05) is 36.4 Å². The van der Waals surface area contributed by atoms with Gasteiger partial charge in [-0.15, -0.1) is 0 Å². The lowest BCUT2D eigenvalue weighted by molar-refractivity contribution is 0.0992. The zero-order chi connectivity index (χ0) is 15.7. The van der Waals surface area contributed by atoms with E-state index < -0.39 is 0 Å². The van der Waals surface area contributed by atoms with Crippen molar-refractivity contribution >= 4 is 45.8 Å². The Kier molecular flexibility index (Phi) is 4.01. The van der Waals surface area contributed by atoms with Gasteiger partial charge in [0.05, 0.1) is 16.1 Å². The molecule has 0 aliphatic rings. The molecule has 3 nitrogen and oxygen atoms in total. The van der Waals surface area contributed by atoms with Crippen LogP contribution in [-0.2, 0) is 0 Å². The molecule has 3 rings (SSSR count). The highest BCUT2D eigenvalue weighted by molar-refractivity contribution is 6.37. The number of amides is 1. The Balaban J connectivity index is 1.97. The van der Waals surface area contributed by atoms with Crippen LogP contribution in [-0.4, -0.2) is 17.9 Å². The summed E-state index contributed by atoms with van der Waals surface area (Å²) in [4.78, 5) is 18.6. The number of para-hydroxylation sites is 1. The average Bonchev–Trinajstić information content (AvgIpc) is 2.53. The van der Waals surface area contributed by atoms with Crippen molar-refractivity contribution in [2.45, 2.75) is 0 Å². The van der Waals surface area contributed by atoms with Crippen molar-refractivity contribution in [1.82, 2.24) is 4.98 Å². The van der Waals surface area contributed by atoms with Crippen LogP contribution in [0.5, 0.6) is 0 Å². The lowest BCUT2D eigenvalue weighted by Gasteiger charge is -2.17. The molecule has 2 aromatic carbocycles. The first-order chi connectivity index (χ1) is 10.6. The molecule has 110 valence electrons. The third-order valence-corrected chi connectivity index (χ3v) is 3.94. The summed E-state index contributed by atoms with van der Waals surface area (Å²) in [6.07, 6.45) is 0. The summed E-state index contributed by atoms with van der Waals surface area (Å²) < 4.78 is 0. The summed E-state index contributed by atoms with van der Waals surface area (Å²) >= 11 is 12.0. The zero-order valence-corrected chi connectivity index (χ0v) is 13.3.